The van der Waals surface area contributed by atoms with Crippen molar-refractivity contribution in [3.8, 4) is 11.5 Å². The first-order chi connectivity index (χ1) is 12.4. The molecule has 1 aromatic carbocycles. The highest BCUT2D eigenvalue weighted by molar-refractivity contribution is 5.85. The van der Waals surface area contributed by atoms with E-state index in [9.17, 15) is 4.79 Å². The van der Waals surface area contributed by atoms with E-state index >= 15 is 0 Å². The molecular formula is C20H28ClN3O3. The lowest BCUT2D eigenvalue weighted by atomic mass is 10.1. The average Bonchev–Trinajstić information content (AvgIpc) is 2.60. The lowest BCUT2D eigenvalue weighted by Crippen LogP contribution is -2.43. The number of halogens is 1. The van der Waals surface area contributed by atoms with Crippen molar-refractivity contribution in [3.63, 3.8) is 0 Å². The molecule has 0 aliphatic heterocycles. The predicted octanol–water partition coefficient (Wildman–Crippen LogP) is 3.10. The Kier molecular flexibility index (Phi) is 9.05. The smallest absolute Gasteiger partial charge is 0.258 e. The topological polar surface area (TPSA) is 72.5 Å². The molecule has 0 saturated heterocycles. The fraction of sp³-hybridized carbons (Fsp3) is 0.400. The van der Waals surface area contributed by atoms with Gasteiger partial charge in [0.2, 0.25) is 0 Å². The van der Waals surface area contributed by atoms with Crippen LogP contribution in [-0.2, 0) is 17.9 Å². The molecule has 0 saturated carbocycles. The van der Waals surface area contributed by atoms with Gasteiger partial charge in [-0.15, -0.1) is 12.4 Å². The monoisotopic (exact) mass is 393 g/mol. The summed E-state index contributed by atoms with van der Waals surface area (Å²) >= 11 is 0. The minimum atomic E-state index is -0.283. The zero-order valence-electron chi connectivity index (χ0n) is 16.2. The van der Waals surface area contributed by atoms with Crippen LogP contribution < -0.4 is 20.1 Å². The third-order valence-electron chi connectivity index (χ3n) is 3.51. The van der Waals surface area contributed by atoms with Crippen LogP contribution in [0, 0.1) is 0 Å². The summed E-state index contributed by atoms with van der Waals surface area (Å²) in [5.74, 6) is 0.994. The van der Waals surface area contributed by atoms with E-state index in [2.05, 4.69) is 15.6 Å². The zero-order chi connectivity index (χ0) is 19.0. The fourth-order valence-electron chi connectivity index (χ4n) is 2.39. The second-order valence-electron chi connectivity index (χ2n) is 7.03. The van der Waals surface area contributed by atoms with Crippen LogP contribution >= 0.6 is 12.4 Å². The average molecular weight is 394 g/mol. The SMILES string of the molecule is COc1cc(CNCc2ccncc2)ccc1OCC(=O)NC(C)(C)C.Cl. The van der Waals surface area contributed by atoms with Crippen molar-refractivity contribution in [1.29, 1.82) is 0 Å². The number of hydrogen-bond donors (Lipinski definition) is 2. The van der Waals surface area contributed by atoms with Gasteiger partial charge in [-0.25, -0.2) is 0 Å². The molecule has 2 rings (SSSR count). The number of aromatic nitrogens is 1. The Morgan fingerprint density at radius 3 is 2.33 bits per heavy atom. The number of ether oxygens (including phenoxy) is 2. The summed E-state index contributed by atoms with van der Waals surface area (Å²) in [4.78, 5) is 15.9. The number of carbonyl (C=O) groups is 1. The van der Waals surface area contributed by atoms with E-state index < -0.39 is 0 Å². The molecule has 1 amide bonds. The van der Waals surface area contributed by atoms with Crippen LogP contribution in [0.3, 0.4) is 0 Å². The Bertz CT molecular complexity index is 718. The number of nitrogens with one attached hydrogen (secondary N) is 2. The molecule has 2 aromatic rings. The van der Waals surface area contributed by atoms with Crippen LogP contribution in [0.15, 0.2) is 42.7 Å². The Morgan fingerprint density at radius 2 is 1.70 bits per heavy atom. The maximum Gasteiger partial charge on any atom is 0.258 e. The van der Waals surface area contributed by atoms with Gasteiger partial charge >= 0.3 is 0 Å². The Labute approximate surface area is 167 Å². The van der Waals surface area contributed by atoms with E-state index in [1.165, 1.54) is 5.56 Å². The summed E-state index contributed by atoms with van der Waals surface area (Å²) in [6.45, 7) is 7.20. The van der Waals surface area contributed by atoms with Gasteiger partial charge in [0, 0.05) is 31.0 Å². The van der Waals surface area contributed by atoms with Crippen molar-refractivity contribution < 1.29 is 14.3 Å². The highest BCUT2D eigenvalue weighted by Crippen LogP contribution is 2.28. The Hall–Kier alpha value is -2.31. The number of rotatable bonds is 8. The lowest BCUT2D eigenvalue weighted by Gasteiger charge is -2.20. The van der Waals surface area contributed by atoms with Crippen LogP contribution in [0.2, 0.25) is 0 Å². The molecule has 0 fully saturated rings. The molecule has 0 unspecified atom stereocenters. The van der Waals surface area contributed by atoms with Crippen LogP contribution in [0.25, 0.3) is 0 Å². The molecule has 0 aliphatic rings. The standard InChI is InChI=1S/C20H27N3O3.ClH/c1-20(2,3)23-19(24)14-26-17-6-5-16(11-18(17)25-4)13-22-12-15-7-9-21-10-8-15;/h5-11,22H,12-14H2,1-4H3,(H,23,24);1H. The molecule has 0 aliphatic carbocycles. The minimum Gasteiger partial charge on any atom is -0.493 e. The quantitative estimate of drug-likeness (QED) is 0.721. The highest BCUT2D eigenvalue weighted by Gasteiger charge is 2.15. The molecule has 1 heterocycles. The third kappa shape index (κ3) is 8.28. The Morgan fingerprint density at radius 1 is 1.04 bits per heavy atom. The highest BCUT2D eigenvalue weighted by atomic mass is 35.5. The van der Waals surface area contributed by atoms with Gasteiger partial charge in [-0.1, -0.05) is 6.07 Å². The van der Waals surface area contributed by atoms with Gasteiger partial charge in [0.25, 0.3) is 5.91 Å². The van der Waals surface area contributed by atoms with Crippen molar-refractivity contribution in [3.05, 3.63) is 53.9 Å². The van der Waals surface area contributed by atoms with Gasteiger partial charge in [-0.2, -0.15) is 0 Å². The molecule has 0 spiro atoms. The van der Waals surface area contributed by atoms with Gasteiger partial charge in [-0.3, -0.25) is 9.78 Å². The van der Waals surface area contributed by atoms with Gasteiger partial charge < -0.3 is 20.1 Å². The second kappa shape index (κ2) is 10.7. The first-order valence-electron chi connectivity index (χ1n) is 8.58. The molecule has 1 aromatic heterocycles. The van der Waals surface area contributed by atoms with E-state index in [0.29, 0.717) is 18.0 Å². The van der Waals surface area contributed by atoms with Gasteiger partial charge in [-0.05, 0) is 56.2 Å². The maximum absolute atomic E-state index is 11.9. The summed E-state index contributed by atoms with van der Waals surface area (Å²) in [6, 6.07) is 9.66. The maximum atomic E-state index is 11.9. The van der Waals surface area contributed by atoms with Crippen molar-refractivity contribution >= 4 is 18.3 Å². The van der Waals surface area contributed by atoms with Gasteiger partial charge in [0.1, 0.15) is 0 Å². The number of hydrogen-bond acceptors (Lipinski definition) is 5. The normalized spacial score (nSPS) is 10.7. The first kappa shape index (κ1) is 22.7. The van der Waals surface area contributed by atoms with Gasteiger partial charge in [0.15, 0.2) is 18.1 Å². The number of pyridine rings is 1. The number of methoxy groups -OCH3 is 1. The number of benzene rings is 1. The summed E-state index contributed by atoms with van der Waals surface area (Å²) in [7, 11) is 1.59. The lowest BCUT2D eigenvalue weighted by molar-refractivity contribution is -0.124. The van der Waals surface area contributed by atoms with Crippen LogP contribution in [0.4, 0.5) is 0 Å². The number of amides is 1. The fourth-order valence-corrected chi connectivity index (χ4v) is 2.39. The van der Waals surface area contributed by atoms with Crippen molar-refractivity contribution in [2.75, 3.05) is 13.7 Å². The van der Waals surface area contributed by atoms with Crippen molar-refractivity contribution in [2.45, 2.75) is 39.4 Å². The van der Waals surface area contributed by atoms with Crippen LogP contribution in [-0.4, -0.2) is 30.1 Å². The molecule has 148 valence electrons. The summed E-state index contributed by atoms with van der Waals surface area (Å²) in [5.41, 5.74) is 1.97. The van der Waals surface area contributed by atoms with Crippen molar-refractivity contribution in [1.82, 2.24) is 15.6 Å². The van der Waals surface area contributed by atoms with E-state index in [0.717, 1.165) is 12.1 Å². The van der Waals surface area contributed by atoms with Crippen LogP contribution in [0.1, 0.15) is 31.9 Å². The van der Waals surface area contributed by atoms with Crippen LogP contribution in [0.5, 0.6) is 11.5 Å². The Balaban J connectivity index is 0.00000364. The minimum absolute atomic E-state index is 0. The van der Waals surface area contributed by atoms with Gasteiger partial charge in [0.05, 0.1) is 7.11 Å². The van der Waals surface area contributed by atoms with E-state index in [4.69, 9.17) is 9.47 Å². The molecule has 2 N–H and O–H groups in total. The number of nitrogens with zero attached hydrogens (tertiary/aromatic N) is 1. The number of carbonyl (C=O) groups excluding carboxylic acids is 1. The summed E-state index contributed by atoms with van der Waals surface area (Å²) < 4.78 is 11.0. The van der Waals surface area contributed by atoms with E-state index in [1.54, 1.807) is 19.5 Å². The molecular weight excluding hydrogens is 366 g/mol. The third-order valence-corrected chi connectivity index (χ3v) is 3.51. The molecule has 7 heteroatoms. The molecule has 6 nitrogen and oxygen atoms in total. The molecule has 0 atom stereocenters. The van der Waals surface area contributed by atoms with Crippen molar-refractivity contribution in [2.24, 2.45) is 0 Å². The molecule has 27 heavy (non-hydrogen) atoms. The summed E-state index contributed by atoms with van der Waals surface area (Å²) in [6.07, 6.45) is 3.56. The zero-order valence-corrected chi connectivity index (χ0v) is 17.1. The molecule has 0 bridgehead atoms. The largest absolute Gasteiger partial charge is 0.493 e. The summed E-state index contributed by atoms with van der Waals surface area (Å²) in [5, 5.41) is 6.24. The van der Waals surface area contributed by atoms with E-state index in [-0.39, 0.29) is 30.5 Å². The second-order valence-corrected chi connectivity index (χ2v) is 7.03. The molecule has 0 radical (unpaired) electrons. The predicted molar refractivity (Wildman–Crippen MR) is 108 cm³/mol. The first-order valence-corrected chi connectivity index (χ1v) is 8.58. The van der Waals surface area contributed by atoms with E-state index in [1.807, 2.05) is 51.1 Å².